The van der Waals surface area contributed by atoms with Gasteiger partial charge < -0.3 is 0 Å². The molecule has 1 saturated carbocycles. The normalized spacial score (nSPS) is 15.6. The van der Waals surface area contributed by atoms with Gasteiger partial charge in [-0.2, -0.15) is 4.99 Å². The van der Waals surface area contributed by atoms with Crippen molar-refractivity contribution in [2.24, 2.45) is 4.99 Å². The fourth-order valence-electron chi connectivity index (χ4n) is 2.89. The number of aliphatic imine (C=N–C) groups is 1. The molecule has 0 aromatic heterocycles. The van der Waals surface area contributed by atoms with Gasteiger partial charge in [-0.1, -0.05) is 56.3 Å². The molecule has 0 heterocycles. The highest BCUT2D eigenvalue weighted by molar-refractivity contribution is 5.69. The standard InChI is InChI=1S/C19H19NO/c1-14(2)17-9-8-16(19(10-11-19)20-13-21)12-18(17)15-6-4-3-5-7-15/h3-9,12,14H,10-11H2,1-2H3. The summed E-state index contributed by atoms with van der Waals surface area (Å²) in [6.45, 7) is 4.41. The predicted octanol–water partition coefficient (Wildman–Crippen LogP) is 4.80. The Balaban J connectivity index is 2.14. The Morgan fingerprint density at radius 2 is 1.81 bits per heavy atom. The maximum absolute atomic E-state index is 10.7. The van der Waals surface area contributed by atoms with Crippen LogP contribution >= 0.6 is 0 Å². The average Bonchev–Trinajstić information content (AvgIpc) is 3.29. The molecule has 106 valence electrons. The molecule has 1 fully saturated rings. The van der Waals surface area contributed by atoms with Gasteiger partial charge in [0.05, 0.1) is 5.54 Å². The van der Waals surface area contributed by atoms with Crippen molar-refractivity contribution in [2.75, 3.05) is 0 Å². The predicted molar refractivity (Wildman–Crippen MR) is 85.0 cm³/mol. The molecule has 1 aliphatic rings. The Morgan fingerprint density at radius 3 is 2.38 bits per heavy atom. The highest BCUT2D eigenvalue weighted by atomic mass is 16.1. The lowest BCUT2D eigenvalue weighted by Gasteiger charge is -2.17. The molecule has 0 spiro atoms. The zero-order chi connectivity index (χ0) is 14.9. The molecule has 2 heteroatoms. The highest BCUT2D eigenvalue weighted by Gasteiger charge is 2.45. The van der Waals surface area contributed by atoms with Crippen LogP contribution in [-0.2, 0) is 10.3 Å². The maximum atomic E-state index is 10.7. The van der Waals surface area contributed by atoms with Gasteiger partial charge in [-0.15, -0.1) is 0 Å². The van der Waals surface area contributed by atoms with Gasteiger partial charge >= 0.3 is 0 Å². The molecule has 0 bridgehead atoms. The minimum atomic E-state index is -0.305. The number of isocyanates is 1. The molecule has 0 amide bonds. The van der Waals surface area contributed by atoms with Crippen LogP contribution in [0, 0.1) is 0 Å². The summed E-state index contributed by atoms with van der Waals surface area (Å²) in [6.07, 6.45) is 3.62. The molecule has 2 aromatic rings. The third-order valence-electron chi connectivity index (χ3n) is 4.28. The van der Waals surface area contributed by atoms with Crippen molar-refractivity contribution < 1.29 is 4.79 Å². The van der Waals surface area contributed by atoms with Crippen LogP contribution in [0.2, 0.25) is 0 Å². The van der Waals surface area contributed by atoms with Gasteiger partial charge in [0.2, 0.25) is 6.08 Å². The second-order valence-electron chi connectivity index (χ2n) is 6.06. The quantitative estimate of drug-likeness (QED) is 0.583. The van der Waals surface area contributed by atoms with Crippen molar-refractivity contribution in [2.45, 2.75) is 38.1 Å². The first-order chi connectivity index (χ1) is 10.2. The van der Waals surface area contributed by atoms with E-state index in [2.05, 4.69) is 61.3 Å². The molecule has 2 nitrogen and oxygen atoms in total. The lowest BCUT2D eigenvalue weighted by Crippen LogP contribution is -2.04. The first-order valence-electron chi connectivity index (χ1n) is 7.45. The zero-order valence-corrected chi connectivity index (χ0v) is 12.5. The van der Waals surface area contributed by atoms with Crippen LogP contribution in [0.1, 0.15) is 43.7 Å². The van der Waals surface area contributed by atoms with Gasteiger partial charge in [-0.05, 0) is 47.1 Å². The molecular weight excluding hydrogens is 258 g/mol. The second-order valence-corrected chi connectivity index (χ2v) is 6.06. The van der Waals surface area contributed by atoms with Crippen molar-refractivity contribution in [3.8, 4) is 11.1 Å². The molecule has 2 aromatic carbocycles. The fraction of sp³-hybridized carbons (Fsp3) is 0.316. The minimum Gasteiger partial charge on any atom is -0.211 e. The van der Waals surface area contributed by atoms with Crippen molar-refractivity contribution in [3.63, 3.8) is 0 Å². The van der Waals surface area contributed by atoms with Gasteiger partial charge in [-0.3, -0.25) is 0 Å². The lowest BCUT2D eigenvalue weighted by molar-refractivity contribution is 0.556. The molecule has 0 unspecified atom stereocenters. The molecule has 1 aliphatic carbocycles. The Labute approximate surface area is 125 Å². The number of carbonyl (C=O) groups excluding carboxylic acids is 1. The summed E-state index contributed by atoms with van der Waals surface area (Å²) >= 11 is 0. The molecule has 0 N–H and O–H groups in total. The van der Waals surface area contributed by atoms with E-state index in [4.69, 9.17) is 0 Å². The van der Waals surface area contributed by atoms with E-state index >= 15 is 0 Å². The van der Waals surface area contributed by atoms with E-state index in [9.17, 15) is 4.79 Å². The lowest BCUT2D eigenvalue weighted by atomic mass is 9.89. The molecule has 3 rings (SSSR count). The summed E-state index contributed by atoms with van der Waals surface area (Å²) < 4.78 is 0. The smallest absolute Gasteiger partial charge is 0.211 e. The Hall–Kier alpha value is -2.18. The Kier molecular flexibility index (Phi) is 3.48. The topological polar surface area (TPSA) is 29.4 Å². The summed E-state index contributed by atoms with van der Waals surface area (Å²) in [4.78, 5) is 14.7. The van der Waals surface area contributed by atoms with Crippen molar-refractivity contribution in [1.29, 1.82) is 0 Å². The van der Waals surface area contributed by atoms with E-state index in [0.29, 0.717) is 5.92 Å². The van der Waals surface area contributed by atoms with Crippen LogP contribution in [-0.4, -0.2) is 6.08 Å². The van der Waals surface area contributed by atoms with Gasteiger partial charge in [0.25, 0.3) is 0 Å². The Morgan fingerprint density at radius 1 is 1.10 bits per heavy atom. The van der Waals surface area contributed by atoms with Gasteiger partial charge in [-0.25, -0.2) is 4.79 Å². The van der Waals surface area contributed by atoms with Gasteiger partial charge in [0.15, 0.2) is 0 Å². The van der Waals surface area contributed by atoms with E-state index in [1.165, 1.54) is 16.7 Å². The summed E-state index contributed by atoms with van der Waals surface area (Å²) in [5, 5.41) is 0. The number of hydrogen-bond acceptors (Lipinski definition) is 2. The van der Waals surface area contributed by atoms with Crippen LogP contribution in [0.5, 0.6) is 0 Å². The van der Waals surface area contributed by atoms with Crippen molar-refractivity contribution in [1.82, 2.24) is 0 Å². The maximum Gasteiger partial charge on any atom is 0.235 e. The zero-order valence-electron chi connectivity index (χ0n) is 12.5. The van der Waals surface area contributed by atoms with Crippen LogP contribution in [0.3, 0.4) is 0 Å². The van der Waals surface area contributed by atoms with Crippen molar-refractivity contribution >= 4 is 6.08 Å². The number of rotatable bonds is 4. The SMILES string of the molecule is CC(C)c1ccc(C2(N=C=O)CC2)cc1-c1ccccc1. The third-order valence-corrected chi connectivity index (χ3v) is 4.28. The number of hydrogen-bond donors (Lipinski definition) is 0. The van der Waals surface area contributed by atoms with Gasteiger partial charge in [0.1, 0.15) is 0 Å². The first kappa shape index (κ1) is 13.8. The van der Waals surface area contributed by atoms with E-state index < -0.39 is 0 Å². The van der Waals surface area contributed by atoms with E-state index in [-0.39, 0.29) is 5.54 Å². The molecule has 0 radical (unpaired) electrons. The van der Waals surface area contributed by atoms with E-state index in [1.807, 2.05) is 6.07 Å². The molecular formula is C19H19NO. The summed E-state index contributed by atoms with van der Waals surface area (Å²) in [5.74, 6) is 0.457. The molecule has 21 heavy (non-hydrogen) atoms. The third kappa shape index (κ3) is 2.55. The largest absolute Gasteiger partial charge is 0.235 e. The summed E-state index contributed by atoms with van der Waals surface area (Å²) in [5.41, 5.74) is 4.62. The van der Waals surface area contributed by atoms with Crippen LogP contribution < -0.4 is 0 Å². The number of benzene rings is 2. The monoisotopic (exact) mass is 277 g/mol. The van der Waals surface area contributed by atoms with Crippen LogP contribution in [0.4, 0.5) is 0 Å². The summed E-state index contributed by atoms with van der Waals surface area (Å²) in [6, 6.07) is 16.9. The minimum absolute atomic E-state index is 0.305. The van der Waals surface area contributed by atoms with Crippen molar-refractivity contribution in [3.05, 3.63) is 59.7 Å². The first-order valence-corrected chi connectivity index (χ1v) is 7.45. The molecule has 0 aliphatic heterocycles. The van der Waals surface area contributed by atoms with Crippen LogP contribution in [0.25, 0.3) is 11.1 Å². The highest BCUT2D eigenvalue weighted by Crippen LogP contribution is 2.50. The second kappa shape index (κ2) is 5.31. The van der Waals surface area contributed by atoms with Crippen LogP contribution in [0.15, 0.2) is 53.5 Å². The van der Waals surface area contributed by atoms with Gasteiger partial charge in [0, 0.05) is 0 Å². The summed E-state index contributed by atoms with van der Waals surface area (Å²) in [7, 11) is 0. The van der Waals surface area contributed by atoms with E-state index in [1.54, 1.807) is 6.08 Å². The number of nitrogens with zero attached hydrogens (tertiary/aromatic N) is 1. The fourth-order valence-corrected chi connectivity index (χ4v) is 2.89. The molecule has 0 atom stereocenters. The van der Waals surface area contributed by atoms with E-state index in [0.717, 1.165) is 18.4 Å². The Bertz CT molecular complexity index is 693. The average molecular weight is 277 g/mol. The molecule has 0 saturated heterocycles.